The maximum Gasteiger partial charge on any atom is 0.355 e. The maximum absolute atomic E-state index is 14.7. The Morgan fingerprint density at radius 1 is 0.794 bits per heavy atom. The van der Waals surface area contributed by atoms with E-state index in [0.29, 0.717) is 27.9 Å². The topological polar surface area (TPSA) is 76.0 Å². The van der Waals surface area contributed by atoms with Crippen LogP contribution in [0.5, 0.6) is 0 Å². The molecule has 0 aliphatic rings. The lowest BCUT2D eigenvalue weighted by molar-refractivity contribution is 0.0692. The molecule has 7 heteroatoms. The van der Waals surface area contributed by atoms with Crippen LogP contribution in [0.3, 0.4) is 0 Å². The van der Waals surface area contributed by atoms with Crippen molar-refractivity contribution in [3.8, 4) is 11.3 Å². The van der Waals surface area contributed by atoms with Crippen LogP contribution in [-0.2, 0) is 5.41 Å². The molecule has 0 unspecified atom stereocenters. The lowest BCUT2D eigenvalue weighted by atomic mass is 9.82. The molecule has 0 amide bonds. The predicted octanol–water partition coefficient (Wildman–Crippen LogP) is 6.15. The highest BCUT2D eigenvalue weighted by atomic mass is 19.1. The van der Waals surface area contributed by atoms with Crippen molar-refractivity contribution in [2.24, 2.45) is 0 Å². The van der Waals surface area contributed by atoms with E-state index in [1.165, 1.54) is 6.07 Å². The van der Waals surface area contributed by atoms with Gasteiger partial charge in [0.25, 0.3) is 0 Å². The number of rotatable bonds is 4. The number of benzene rings is 2. The summed E-state index contributed by atoms with van der Waals surface area (Å²) in [6.45, 7) is 3.77. The van der Waals surface area contributed by atoms with E-state index in [1.54, 1.807) is 12.1 Å². The summed E-state index contributed by atoms with van der Waals surface area (Å²) in [6.07, 6.45) is 0. The van der Waals surface area contributed by atoms with Crippen LogP contribution < -0.4 is 0 Å². The standard InChI is InChI=1S/C27H19F2N3O2/c1-27(2,21-14-16-8-4-6-10-18(16)24(31-21)26(33)34)20-13-15-7-3-5-9-17(15)23(30-20)19-11-12-22(28)32-25(19)29/h3-14H,1-2H3,(H,33,34). The number of aromatic nitrogens is 3. The molecule has 2 aromatic carbocycles. The minimum atomic E-state index is -1.12. The minimum Gasteiger partial charge on any atom is -0.476 e. The summed E-state index contributed by atoms with van der Waals surface area (Å²) in [7, 11) is 0. The van der Waals surface area contributed by atoms with Gasteiger partial charge in [-0.15, -0.1) is 0 Å². The fourth-order valence-electron chi connectivity index (χ4n) is 4.13. The van der Waals surface area contributed by atoms with Crippen molar-refractivity contribution < 1.29 is 18.7 Å². The van der Waals surface area contributed by atoms with E-state index in [2.05, 4.69) is 9.97 Å². The largest absolute Gasteiger partial charge is 0.476 e. The molecule has 3 heterocycles. The Bertz CT molecular complexity index is 1600. The van der Waals surface area contributed by atoms with Gasteiger partial charge in [-0.25, -0.2) is 9.78 Å². The number of aromatic carboxylic acids is 1. The van der Waals surface area contributed by atoms with Crippen LogP contribution in [0.1, 0.15) is 35.7 Å². The molecule has 0 spiro atoms. The van der Waals surface area contributed by atoms with E-state index in [4.69, 9.17) is 4.98 Å². The van der Waals surface area contributed by atoms with Crippen LogP contribution in [-0.4, -0.2) is 26.0 Å². The Balaban J connectivity index is 1.77. The van der Waals surface area contributed by atoms with E-state index < -0.39 is 23.3 Å². The predicted molar refractivity (Wildman–Crippen MR) is 126 cm³/mol. The molecule has 5 aromatic rings. The van der Waals surface area contributed by atoms with Crippen molar-refractivity contribution in [3.05, 3.63) is 102 Å². The molecule has 5 nitrogen and oxygen atoms in total. The fourth-order valence-corrected chi connectivity index (χ4v) is 4.13. The van der Waals surface area contributed by atoms with Gasteiger partial charge in [-0.3, -0.25) is 4.98 Å². The molecule has 1 N–H and O–H groups in total. The normalized spacial score (nSPS) is 11.8. The first-order valence-corrected chi connectivity index (χ1v) is 10.6. The second kappa shape index (κ2) is 7.95. The molecule has 3 aromatic heterocycles. The molecule has 0 atom stereocenters. The van der Waals surface area contributed by atoms with E-state index in [1.807, 2.05) is 62.4 Å². The molecule has 168 valence electrons. The van der Waals surface area contributed by atoms with Crippen molar-refractivity contribution in [2.75, 3.05) is 0 Å². The average Bonchev–Trinajstić information content (AvgIpc) is 2.82. The van der Waals surface area contributed by atoms with Gasteiger partial charge in [0.1, 0.15) is 0 Å². The van der Waals surface area contributed by atoms with Gasteiger partial charge in [-0.05, 0) is 48.9 Å². The highest BCUT2D eigenvalue weighted by Crippen LogP contribution is 2.36. The summed E-state index contributed by atoms with van der Waals surface area (Å²) in [5, 5.41) is 12.6. The van der Waals surface area contributed by atoms with Crippen LogP contribution in [0.25, 0.3) is 32.8 Å². The zero-order chi connectivity index (χ0) is 24.0. The summed E-state index contributed by atoms with van der Waals surface area (Å²) in [5.41, 5.74) is 0.588. The molecule has 0 radical (unpaired) electrons. The Labute approximate surface area is 193 Å². The molecule has 0 fully saturated rings. The fraction of sp³-hybridized carbons (Fsp3) is 0.111. The number of carboxylic acid groups (broad SMARTS) is 1. The second-order valence-electron chi connectivity index (χ2n) is 8.56. The quantitative estimate of drug-likeness (QED) is 0.329. The van der Waals surface area contributed by atoms with E-state index in [0.717, 1.165) is 16.8 Å². The van der Waals surface area contributed by atoms with Crippen molar-refractivity contribution in [3.63, 3.8) is 0 Å². The van der Waals surface area contributed by atoms with E-state index in [9.17, 15) is 18.7 Å². The Kier molecular flexibility index (Phi) is 5.05. The first-order valence-electron chi connectivity index (χ1n) is 10.6. The Morgan fingerprint density at radius 2 is 1.38 bits per heavy atom. The lowest BCUT2D eigenvalue weighted by Gasteiger charge is -2.26. The molecule has 0 saturated carbocycles. The molecular weight excluding hydrogens is 436 g/mol. The smallest absolute Gasteiger partial charge is 0.355 e. The van der Waals surface area contributed by atoms with Crippen molar-refractivity contribution >= 4 is 27.5 Å². The van der Waals surface area contributed by atoms with Gasteiger partial charge in [-0.2, -0.15) is 13.8 Å². The van der Waals surface area contributed by atoms with Gasteiger partial charge in [0.05, 0.1) is 22.6 Å². The van der Waals surface area contributed by atoms with Gasteiger partial charge in [-0.1, -0.05) is 48.5 Å². The van der Waals surface area contributed by atoms with Crippen LogP contribution in [0.15, 0.2) is 72.8 Å². The molecule has 0 aliphatic heterocycles. The SMILES string of the molecule is CC(C)(c1cc2ccccc2c(C(=O)O)n1)c1cc2ccccc2c(-c2ccc(F)nc2F)n1. The van der Waals surface area contributed by atoms with Gasteiger partial charge in [0.2, 0.25) is 11.9 Å². The van der Waals surface area contributed by atoms with Crippen molar-refractivity contribution in [1.29, 1.82) is 0 Å². The molecular formula is C27H19F2N3O2. The first-order chi connectivity index (χ1) is 16.3. The molecule has 0 saturated heterocycles. The van der Waals surface area contributed by atoms with Gasteiger partial charge in [0.15, 0.2) is 5.69 Å². The number of hydrogen-bond acceptors (Lipinski definition) is 4. The molecule has 34 heavy (non-hydrogen) atoms. The van der Waals surface area contributed by atoms with E-state index in [-0.39, 0.29) is 11.3 Å². The number of carboxylic acids is 1. The third-order valence-corrected chi connectivity index (χ3v) is 6.03. The highest BCUT2D eigenvalue weighted by molar-refractivity contribution is 6.02. The third kappa shape index (κ3) is 3.55. The van der Waals surface area contributed by atoms with Gasteiger partial charge < -0.3 is 5.11 Å². The number of carbonyl (C=O) groups is 1. The minimum absolute atomic E-state index is 0.0454. The second-order valence-corrected chi connectivity index (χ2v) is 8.56. The van der Waals surface area contributed by atoms with Crippen LogP contribution in [0.4, 0.5) is 8.78 Å². The zero-order valence-corrected chi connectivity index (χ0v) is 18.4. The van der Waals surface area contributed by atoms with E-state index >= 15 is 0 Å². The number of halogens is 2. The van der Waals surface area contributed by atoms with Crippen LogP contribution >= 0.6 is 0 Å². The number of pyridine rings is 3. The highest BCUT2D eigenvalue weighted by Gasteiger charge is 2.30. The number of nitrogens with zero attached hydrogens (tertiary/aromatic N) is 3. The average molecular weight is 455 g/mol. The summed E-state index contributed by atoms with van der Waals surface area (Å²) < 4.78 is 28.1. The zero-order valence-electron chi connectivity index (χ0n) is 18.4. The molecule has 5 rings (SSSR count). The van der Waals surface area contributed by atoms with Crippen molar-refractivity contribution in [1.82, 2.24) is 15.0 Å². The Hall–Kier alpha value is -4.26. The number of fused-ring (bicyclic) bond motifs is 2. The van der Waals surface area contributed by atoms with Crippen LogP contribution in [0, 0.1) is 11.9 Å². The maximum atomic E-state index is 14.7. The van der Waals surface area contributed by atoms with Gasteiger partial charge in [0, 0.05) is 16.2 Å². The molecule has 0 aliphatic carbocycles. The lowest BCUT2D eigenvalue weighted by Crippen LogP contribution is -2.24. The first kappa shape index (κ1) is 21.6. The summed E-state index contributed by atoms with van der Waals surface area (Å²) in [5.74, 6) is -2.99. The summed E-state index contributed by atoms with van der Waals surface area (Å²) >= 11 is 0. The monoisotopic (exact) mass is 455 g/mol. The molecule has 0 bridgehead atoms. The number of hydrogen-bond donors (Lipinski definition) is 1. The Morgan fingerprint density at radius 3 is 2.03 bits per heavy atom. The summed E-state index contributed by atoms with van der Waals surface area (Å²) in [4.78, 5) is 24.5. The van der Waals surface area contributed by atoms with Crippen LogP contribution in [0.2, 0.25) is 0 Å². The van der Waals surface area contributed by atoms with Gasteiger partial charge >= 0.3 is 5.97 Å². The summed E-state index contributed by atoms with van der Waals surface area (Å²) in [6, 6.07) is 20.7. The van der Waals surface area contributed by atoms with Crippen molar-refractivity contribution in [2.45, 2.75) is 19.3 Å². The third-order valence-electron chi connectivity index (χ3n) is 6.03.